The molecule has 4 heterocycles. The fourth-order valence-corrected chi connectivity index (χ4v) is 4.82. The average molecular weight is 418 g/mol. The van der Waals surface area contributed by atoms with Crippen LogP contribution in [0.25, 0.3) is 0 Å². The Kier molecular flexibility index (Phi) is 8.40. The Hall–Kier alpha value is -0.820. The van der Waals surface area contributed by atoms with Gasteiger partial charge in [0.25, 0.3) is 0 Å². The van der Waals surface area contributed by atoms with Crippen molar-refractivity contribution in [3.8, 4) is 0 Å². The summed E-state index contributed by atoms with van der Waals surface area (Å²) in [6.45, 7) is 7.35. The number of carbonyl (C=O) groups is 1. The van der Waals surface area contributed by atoms with Gasteiger partial charge in [-0.15, -0.1) is 24.8 Å². The summed E-state index contributed by atoms with van der Waals surface area (Å²) in [6, 6.07) is 0. The number of aromatic nitrogens is 2. The first-order valence-corrected chi connectivity index (χ1v) is 9.91. The Morgan fingerprint density at radius 1 is 1.15 bits per heavy atom. The SMILES string of the molecule is Cl.Cl.Cn1cc([C@H]2CNC[C@@H]2C(=O)N2CCC(CN3CCCC3)CC2)cn1. The highest BCUT2D eigenvalue weighted by Crippen LogP contribution is 2.31. The van der Waals surface area contributed by atoms with Crippen molar-refractivity contribution in [1.82, 2.24) is 24.9 Å². The molecule has 4 rings (SSSR count). The Balaban J connectivity index is 0.00000131. The summed E-state index contributed by atoms with van der Waals surface area (Å²) in [5, 5.41) is 7.70. The molecule has 0 spiro atoms. The lowest BCUT2D eigenvalue weighted by atomic mass is 9.88. The highest BCUT2D eigenvalue weighted by Gasteiger charge is 2.38. The molecule has 3 saturated heterocycles. The topological polar surface area (TPSA) is 53.4 Å². The predicted molar refractivity (Wildman–Crippen MR) is 112 cm³/mol. The van der Waals surface area contributed by atoms with Gasteiger partial charge in [0.1, 0.15) is 0 Å². The Labute approximate surface area is 174 Å². The second-order valence-corrected chi connectivity index (χ2v) is 8.09. The predicted octanol–water partition coefficient (Wildman–Crippen LogP) is 1.90. The van der Waals surface area contributed by atoms with Crippen molar-refractivity contribution in [3.63, 3.8) is 0 Å². The minimum Gasteiger partial charge on any atom is -0.342 e. The number of rotatable bonds is 4. The van der Waals surface area contributed by atoms with Crippen LogP contribution in [0.1, 0.15) is 37.2 Å². The van der Waals surface area contributed by atoms with Gasteiger partial charge in [-0.1, -0.05) is 0 Å². The van der Waals surface area contributed by atoms with E-state index in [4.69, 9.17) is 0 Å². The Morgan fingerprint density at radius 2 is 1.85 bits per heavy atom. The second kappa shape index (κ2) is 10.1. The van der Waals surface area contributed by atoms with E-state index >= 15 is 0 Å². The molecule has 27 heavy (non-hydrogen) atoms. The molecule has 0 saturated carbocycles. The summed E-state index contributed by atoms with van der Waals surface area (Å²) in [6.07, 6.45) is 9.03. The van der Waals surface area contributed by atoms with Gasteiger partial charge in [0, 0.05) is 51.9 Å². The summed E-state index contributed by atoms with van der Waals surface area (Å²) in [7, 11) is 1.94. The van der Waals surface area contributed by atoms with Crippen LogP contribution in [0, 0.1) is 11.8 Å². The van der Waals surface area contributed by atoms with Gasteiger partial charge in [-0.2, -0.15) is 5.10 Å². The number of amides is 1. The van der Waals surface area contributed by atoms with Crippen molar-refractivity contribution in [2.45, 2.75) is 31.6 Å². The quantitative estimate of drug-likeness (QED) is 0.812. The van der Waals surface area contributed by atoms with Gasteiger partial charge in [0.05, 0.1) is 12.1 Å². The zero-order valence-corrected chi connectivity index (χ0v) is 17.8. The molecule has 0 aromatic carbocycles. The van der Waals surface area contributed by atoms with Crippen molar-refractivity contribution in [2.75, 3.05) is 45.8 Å². The lowest BCUT2D eigenvalue weighted by molar-refractivity contribution is -0.136. The largest absolute Gasteiger partial charge is 0.342 e. The standard InChI is InChI=1S/C19H31N5O.2ClH/c1-22-14-16(10-21-22)17-11-20-12-18(17)19(25)24-8-4-15(5-9-24)13-23-6-2-3-7-23;;/h10,14-15,17-18,20H,2-9,11-13H2,1H3;2*1H/t17-,18+;;/m1../s1. The number of nitrogens with one attached hydrogen (secondary N) is 1. The van der Waals surface area contributed by atoms with Crippen LogP contribution in [0.3, 0.4) is 0 Å². The molecule has 0 bridgehead atoms. The Bertz CT molecular complexity index is 597. The van der Waals surface area contributed by atoms with Crippen LogP contribution in [0.4, 0.5) is 0 Å². The van der Waals surface area contributed by atoms with Crippen LogP contribution in [0.5, 0.6) is 0 Å². The zero-order chi connectivity index (χ0) is 17.2. The molecule has 3 aliphatic heterocycles. The summed E-state index contributed by atoms with van der Waals surface area (Å²) in [5.41, 5.74) is 1.19. The van der Waals surface area contributed by atoms with Crippen molar-refractivity contribution in [1.29, 1.82) is 0 Å². The fraction of sp³-hybridized carbons (Fsp3) is 0.789. The van der Waals surface area contributed by atoms with E-state index in [0.717, 1.165) is 32.1 Å². The number of likely N-dealkylation sites (tertiary alicyclic amines) is 2. The minimum absolute atomic E-state index is 0. The molecule has 0 aliphatic carbocycles. The molecular formula is C19H33Cl2N5O. The van der Waals surface area contributed by atoms with Crippen molar-refractivity contribution in [2.24, 2.45) is 18.9 Å². The number of carbonyl (C=O) groups excluding carboxylic acids is 1. The monoisotopic (exact) mass is 417 g/mol. The maximum atomic E-state index is 13.1. The molecule has 3 fully saturated rings. The van der Waals surface area contributed by atoms with Gasteiger partial charge in [0.2, 0.25) is 5.91 Å². The first-order valence-electron chi connectivity index (χ1n) is 9.91. The molecule has 0 radical (unpaired) electrons. The highest BCUT2D eigenvalue weighted by molar-refractivity contribution is 5.85. The molecule has 1 aromatic rings. The third kappa shape index (κ3) is 5.17. The first-order chi connectivity index (χ1) is 12.2. The summed E-state index contributed by atoms with van der Waals surface area (Å²) >= 11 is 0. The minimum atomic E-state index is 0. The van der Waals surface area contributed by atoms with E-state index < -0.39 is 0 Å². The van der Waals surface area contributed by atoms with Gasteiger partial charge in [-0.3, -0.25) is 9.48 Å². The zero-order valence-electron chi connectivity index (χ0n) is 16.2. The van der Waals surface area contributed by atoms with Crippen LogP contribution >= 0.6 is 24.8 Å². The number of aryl methyl sites for hydroxylation is 1. The molecule has 154 valence electrons. The molecule has 1 aromatic heterocycles. The van der Waals surface area contributed by atoms with E-state index in [0.29, 0.717) is 5.91 Å². The maximum Gasteiger partial charge on any atom is 0.227 e. The molecular weight excluding hydrogens is 385 g/mol. The smallest absolute Gasteiger partial charge is 0.227 e. The molecule has 2 atom stereocenters. The number of piperidine rings is 1. The van der Waals surface area contributed by atoms with Crippen molar-refractivity contribution < 1.29 is 4.79 Å². The average Bonchev–Trinajstić information content (AvgIpc) is 3.36. The van der Waals surface area contributed by atoms with E-state index in [1.807, 2.05) is 17.9 Å². The summed E-state index contributed by atoms with van der Waals surface area (Å²) < 4.78 is 1.83. The van der Waals surface area contributed by atoms with Crippen molar-refractivity contribution in [3.05, 3.63) is 18.0 Å². The van der Waals surface area contributed by atoms with Gasteiger partial charge in [-0.05, 0) is 50.3 Å². The van der Waals surface area contributed by atoms with Gasteiger partial charge in [-0.25, -0.2) is 0 Å². The fourth-order valence-electron chi connectivity index (χ4n) is 4.82. The second-order valence-electron chi connectivity index (χ2n) is 8.09. The lowest BCUT2D eigenvalue weighted by Crippen LogP contribution is -2.45. The number of halogens is 2. The molecule has 8 heteroatoms. The number of hydrogen-bond donors (Lipinski definition) is 1. The van der Waals surface area contributed by atoms with E-state index in [1.54, 1.807) is 0 Å². The molecule has 1 N–H and O–H groups in total. The van der Waals surface area contributed by atoms with Crippen LogP contribution < -0.4 is 5.32 Å². The van der Waals surface area contributed by atoms with Gasteiger partial charge < -0.3 is 15.1 Å². The van der Waals surface area contributed by atoms with Crippen LogP contribution in [-0.2, 0) is 11.8 Å². The number of hydrogen-bond acceptors (Lipinski definition) is 4. The van der Waals surface area contributed by atoms with Crippen molar-refractivity contribution >= 4 is 30.7 Å². The van der Waals surface area contributed by atoms with Gasteiger partial charge >= 0.3 is 0 Å². The third-order valence-electron chi connectivity index (χ3n) is 6.33. The van der Waals surface area contributed by atoms with Crippen LogP contribution in [0.2, 0.25) is 0 Å². The van der Waals surface area contributed by atoms with Gasteiger partial charge in [0.15, 0.2) is 0 Å². The highest BCUT2D eigenvalue weighted by atomic mass is 35.5. The number of nitrogens with zero attached hydrogens (tertiary/aromatic N) is 4. The van der Waals surface area contributed by atoms with E-state index in [2.05, 4.69) is 26.4 Å². The first kappa shape index (κ1) is 22.5. The lowest BCUT2D eigenvalue weighted by Gasteiger charge is -2.35. The third-order valence-corrected chi connectivity index (χ3v) is 6.33. The van der Waals surface area contributed by atoms with Crippen LogP contribution in [-0.4, -0.2) is 71.3 Å². The normalized spacial score (nSPS) is 26.6. The Morgan fingerprint density at radius 3 is 2.48 bits per heavy atom. The summed E-state index contributed by atoms with van der Waals surface area (Å²) in [4.78, 5) is 17.8. The van der Waals surface area contributed by atoms with Crippen LogP contribution in [0.15, 0.2) is 12.4 Å². The van der Waals surface area contributed by atoms with E-state index in [-0.39, 0.29) is 36.6 Å². The molecule has 1 amide bonds. The molecule has 0 unspecified atom stereocenters. The van der Waals surface area contributed by atoms with E-state index in [1.165, 1.54) is 50.9 Å². The maximum absolute atomic E-state index is 13.1. The van der Waals surface area contributed by atoms with E-state index in [9.17, 15) is 4.79 Å². The summed E-state index contributed by atoms with van der Waals surface area (Å²) in [5.74, 6) is 1.46. The molecule has 6 nitrogen and oxygen atoms in total. The molecule has 3 aliphatic rings.